The zero-order chi connectivity index (χ0) is 8.97. The highest BCUT2D eigenvalue weighted by Gasteiger charge is 2.18. The Bertz CT molecular complexity index is 212. The van der Waals surface area contributed by atoms with E-state index in [0.717, 1.165) is 0 Å². The minimum Gasteiger partial charge on any atom is -0.396 e. The molecule has 1 heterocycles. The van der Waals surface area contributed by atoms with Crippen LogP contribution in [-0.4, -0.2) is 38.2 Å². The van der Waals surface area contributed by atoms with Crippen molar-refractivity contribution >= 4 is 0 Å². The summed E-state index contributed by atoms with van der Waals surface area (Å²) < 4.78 is 0. The van der Waals surface area contributed by atoms with Crippen molar-refractivity contribution in [2.75, 3.05) is 6.61 Å². The van der Waals surface area contributed by atoms with Crippen LogP contribution in [0.4, 0.5) is 0 Å². The van der Waals surface area contributed by atoms with Crippen LogP contribution >= 0.6 is 0 Å². The number of hydrogen-bond donors (Lipinski definition) is 4. The Hall–Kier alpha value is -0.910. The van der Waals surface area contributed by atoms with Gasteiger partial charge in [-0.05, 0) is 12.5 Å². The van der Waals surface area contributed by atoms with Crippen molar-refractivity contribution in [3.05, 3.63) is 18.0 Å². The van der Waals surface area contributed by atoms with Crippen LogP contribution in [0.2, 0.25) is 0 Å². The van der Waals surface area contributed by atoms with Crippen LogP contribution < -0.4 is 0 Å². The van der Waals surface area contributed by atoms with Crippen LogP contribution in [0.1, 0.15) is 18.2 Å². The van der Waals surface area contributed by atoms with Gasteiger partial charge in [-0.1, -0.05) is 0 Å². The second-order valence-electron chi connectivity index (χ2n) is 2.54. The van der Waals surface area contributed by atoms with Gasteiger partial charge in [0.1, 0.15) is 6.10 Å². The van der Waals surface area contributed by atoms with E-state index in [1.165, 1.54) is 6.20 Å². The highest BCUT2D eigenvalue weighted by Crippen LogP contribution is 2.15. The van der Waals surface area contributed by atoms with Crippen LogP contribution in [0.25, 0.3) is 0 Å². The summed E-state index contributed by atoms with van der Waals surface area (Å²) in [4.78, 5) is 0. The molecule has 5 heteroatoms. The average molecular weight is 172 g/mol. The van der Waals surface area contributed by atoms with Crippen molar-refractivity contribution in [3.8, 4) is 0 Å². The molecule has 12 heavy (non-hydrogen) atoms. The van der Waals surface area contributed by atoms with E-state index >= 15 is 0 Å². The van der Waals surface area contributed by atoms with E-state index in [4.69, 9.17) is 5.11 Å². The molecule has 1 aromatic heterocycles. The van der Waals surface area contributed by atoms with E-state index in [-0.39, 0.29) is 13.0 Å². The summed E-state index contributed by atoms with van der Waals surface area (Å²) in [5.41, 5.74) is 0.455. The van der Waals surface area contributed by atoms with Gasteiger partial charge in [0.2, 0.25) is 0 Å². The predicted octanol–water partition coefficient (Wildman–Crippen LogP) is -0.814. The second kappa shape index (κ2) is 4.20. The zero-order valence-corrected chi connectivity index (χ0v) is 6.51. The van der Waals surface area contributed by atoms with Crippen molar-refractivity contribution in [3.63, 3.8) is 0 Å². The third kappa shape index (κ3) is 2.04. The molecule has 0 saturated carbocycles. The standard InChI is InChI=1S/C7H12N2O3/c10-4-2-6(11)7(12)5-1-3-8-9-5/h1,3,6-7,10-12H,2,4H2,(H,8,9). The molecule has 0 aromatic carbocycles. The second-order valence-corrected chi connectivity index (χ2v) is 2.54. The van der Waals surface area contributed by atoms with E-state index in [9.17, 15) is 10.2 Å². The number of nitrogens with one attached hydrogen (secondary N) is 1. The van der Waals surface area contributed by atoms with Gasteiger partial charge in [-0.2, -0.15) is 5.10 Å². The molecular weight excluding hydrogens is 160 g/mol. The maximum Gasteiger partial charge on any atom is 0.121 e. The fourth-order valence-electron chi connectivity index (χ4n) is 0.929. The number of nitrogens with zero attached hydrogens (tertiary/aromatic N) is 1. The van der Waals surface area contributed by atoms with Crippen LogP contribution in [0.15, 0.2) is 12.3 Å². The monoisotopic (exact) mass is 172 g/mol. The van der Waals surface area contributed by atoms with Crippen LogP contribution in [0, 0.1) is 0 Å². The van der Waals surface area contributed by atoms with Gasteiger partial charge in [0, 0.05) is 12.8 Å². The minimum atomic E-state index is -1.00. The molecule has 0 radical (unpaired) electrons. The van der Waals surface area contributed by atoms with E-state index in [1.54, 1.807) is 6.07 Å². The highest BCUT2D eigenvalue weighted by molar-refractivity contribution is 5.03. The first-order chi connectivity index (χ1) is 5.75. The summed E-state index contributed by atoms with van der Waals surface area (Å²) in [6.45, 7) is -0.146. The summed E-state index contributed by atoms with van der Waals surface area (Å²) in [7, 11) is 0. The molecule has 2 unspecified atom stereocenters. The lowest BCUT2D eigenvalue weighted by Crippen LogP contribution is -2.19. The first-order valence-electron chi connectivity index (χ1n) is 3.72. The van der Waals surface area contributed by atoms with E-state index < -0.39 is 12.2 Å². The molecule has 1 rings (SSSR count). The number of aliphatic hydroxyl groups is 3. The first kappa shape index (κ1) is 9.18. The lowest BCUT2D eigenvalue weighted by molar-refractivity contribution is 0.00189. The quantitative estimate of drug-likeness (QED) is 0.478. The summed E-state index contributed by atoms with van der Waals surface area (Å²) in [5.74, 6) is 0. The van der Waals surface area contributed by atoms with Crippen molar-refractivity contribution in [1.29, 1.82) is 0 Å². The molecule has 0 aliphatic heterocycles. The molecule has 0 amide bonds. The summed E-state index contributed by atoms with van der Waals surface area (Å²) >= 11 is 0. The predicted molar refractivity (Wildman–Crippen MR) is 41.3 cm³/mol. The molecule has 0 aliphatic carbocycles. The number of aromatic nitrogens is 2. The van der Waals surface area contributed by atoms with Gasteiger partial charge >= 0.3 is 0 Å². The van der Waals surface area contributed by atoms with Gasteiger partial charge in [0.05, 0.1) is 11.8 Å². The Kier molecular flexibility index (Phi) is 3.21. The van der Waals surface area contributed by atoms with Crippen LogP contribution in [0.5, 0.6) is 0 Å². The average Bonchev–Trinajstić information content (AvgIpc) is 2.55. The van der Waals surface area contributed by atoms with E-state index in [0.29, 0.717) is 5.69 Å². The van der Waals surface area contributed by atoms with Crippen molar-refractivity contribution in [1.82, 2.24) is 10.2 Å². The topological polar surface area (TPSA) is 89.4 Å². The van der Waals surface area contributed by atoms with Crippen molar-refractivity contribution in [2.24, 2.45) is 0 Å². The number of rotatable bonds is 4. The maximum absolute atomic E-state index is 9.38. The highest BCUT2D eigenvalue weighted by atomic mass is 16.3. The number of aliphatic hydroxyl groups excluding tert-OH is 3. The molecule has 0 aliphatic rings. The maximum atomic E-state index is 9.38. The normalized spacial score (nSPS) is 15.9. The molecule has 5 nitrogen and oxygen atoms in total. The lowest BCUT2D eigenvalue weighted by Gasteiger charge is -2.14. The van der Waals surface area contributed by atoms with Crippen LogP contribution in [0.3, 0.4) is 0 Å². The Balaban J connectivity index is 2.53. The van der Waals surface area contributed by atoms with E-state index in [2.05, 4.69) is 10.2 Å². The van der Waals surface area contributed by atoms with Crippen LogP contribution in [-0.2, 0) is 0 Å². The van der Waals surface area contributed by atoms with Crippen molar-refractivity contribution < 1.29 is 15.3 Å². The number of hydrogen-bond acceptors (Lipinski definition) is 4. The van der Waals surface area contributed by atoms with Gasteiger partial charge < -0.3 is 15.3 Å². The van der Waals surface area contributed by atoms with E-state index in [1.807, 2.05) is 0 Å². The Labute approximate surface area is 69.7 Å². The Morgan fingerprint density at radius 1 is 1.50 bits per heavy atom. The summed E-state index contributed by atoms with van der Waals surface area (Å²) in [6, 6.07) is 1.57. The molecule has 2 atom stereocenters. The summed E-state index contributed by atoms with van der Waals surface area (Å²) in [6.07, 6.45) is -0.306. The fraction of sp³-hybridized carbons (Fsp3) is 0.571. The molecular formula is C7H12N2O3. The smallest absolute Gasteiger partial charge is 0.121 e. The van der Waals surface area contributed by atoms with Gasteiger partial charge in [-0.15, -0.1) is 0 Å². The van der Waals surface area contributed by atoms with Gasteiger partial charge in [0.15, 0.2) is 0 Å². The molecule has 0 saturated heterocycles. The molecule has 0 spiro atoms. The SMILES string of the molecule is OCCC(O)C(O)c1ccn[nH]1. The minimum absolute atomic E-state index is 0.146. The Morgan fingerprint density at radius 3 is 2.75 bits per heavy atom. The van der Waals surface area contributed by atoms with Crippen molar-refractivity contribution in [2.45, 2.75) is 18.6 Å². The molecule has 1 aromatic rings. The first-order valence-corrected chi connectivity index (χ1v) is 3.72. The van der Waals surface area contributed by atoms with Gasteiger partial charge in [-0.3, -0.25) is 5.10 Å². The zero-order valence-electron chi connectivity index (χ0n) is 6.51. The summed E-state index contributed by atoms with van der Waals surface area (Å²) in [5, 5.41) is 33.3. The third-order valence-electron chi connectivity index (χ3n) is 1.63. The van der Waals surface area contributed by atoms with Gasteiger partial charge in [-0.25, -0.2) is 0 Å². The van der Waals surface area contributed by atoms with Gasteiger partial charge in [0.25, 0.3) is 0 Å². The lowest BCUT2D eigenvalue weighted by atomic mass is 10.1. The third-order valence-corrected chi connectivity index (χ3v) is 1.63. The Morgan fingerprint density at radius 2 is 2.25 bits per heavy atom. The molecule has 4 N–H and O–H groups in total. The number of aromatic amines is 1. The molecule has 0 bridgehead atoms. The largest absolute Gasteiger partial charge is 0.396 e. The number of H-pyrrole nitrogens is 1. The fourth-order valence-corrected chi connectivity index (χ4v) is 0.929. The molecule has 0 fully saturated rings. The molecule has 68 valence electrons.